The van der Waals surface area contributed by atoms with Crippen molar-refractivity contribution in [1.82, 2.24) is 4.98 Å². The van der Waals surface area contributed by atoms with Gasteiger partial charge in [0.25, 0.3) is 0 Å². The van der Waals surface area contributed by atoms with Crippen LogP contribution in [0.3, 0.4) is 0 Å². The Bertz CT molecular complexity index is 776. The van der Waals surface area contributed by atoms with Gasteiger partial charge in [-0.2, -0.15) is 0 Å². The molecule has 0 atom stereocenters. The van der Waals surface area contributed by atoms with Crippen molar-refractivity contribution in [1.29, 1.82) is 0 Å². The monoisotopic (exact) mass is 425 g/mol. The van der Waals surface area contributed by atoms with Crippen LogP contribution in [0.2, 0.25) is 0 Å². The molecule has 1 nitrogen and oxygen atoms in total. The van der Waals surface area contributed by atoms with Crippen LogP contribution < -0.4 is 0 Å². The van der Waals surface area contributed by atoms with E-state index in [1.807, 2.05) is 37.3 Å². The van der Waals surface area contributed by atoms with Crippen LogP contribution in [0.15, 0.2) is 51.4 Å². The molecule has 0 aliphatic heterocycles. The van der Waals surface area contributed by atoms with Crippen LogP contribution in [0.4, 0.5) is 4.39 Å². The Hall–Kier alpha value is -1.04. The van der Waals surface area contributed by atoms with Gasteiger partial charge in [0.05, 0.1) is 11.3 Å². The molecule has 21 heavy (non-hydrogen) atoms. The average Bonchev–Trinajstić information content (AvgIpc) is 2.81. The lowest BCUT2D eigenvalue weighted by atomic mass is 10.1. The van der Waals surface area contributed by atoms with E-state index in [2.05, 4.69) is 36.8 Å². The van der Waals surface area contributed by atoms with Crippen LogP contribution in [0.5, 0.6) is 0 Å². The zero-order valence-electron chi connectivity index (χ0n) is 11.0. The maximum atomic E-state index is 14.1. The number of aryl methyl sites for hydroxylation is 1. The number of halogens is 3. The summed E-state index contributed by atoms with van der Waals surface area (Å²) in [5, 5.41) is 0.690. The van der Waals surface area contributed by atoms with E-state index < -0.39 is 0 Å². The largest absolute Gasteiger partial charge is 0.236 e. The molecule has 5 heteroatoms. The van der Waals surface area contributed by atoms with Crippen molar-refractivity contribution < 1.29 is 4.39 Å². The van der Waals surface area contributed by atoms with Gasteiger partial charge in [-0.25, -0.2) is 9.37 Å². The average molecular weight is 427 g/mol. The van der Waals surface area contributed by atoms with Gasteiger partial charge < -0.3 is 0 Å². The quantitative estimate of drug-likeness (QED) is 0.458. The zero-order chi connectivity index (χ0) is 15.0. The molecule has 0 radical (unpaired) electrons. The highest BCUT2D eigenvalue weighted by Gasteiger charge is 2.16. The maximum absolute atomic E-state index is 14.1. The lowest BCUT2D eigenvalue weighted by molar-refractivity contribution is 0.630. The third-order valence-corrected chi connectivity index (χ3v) is 5.27. The zero-order valence-corrected chi connectivity index (χ0v) is 15.0. The number of rotatable bonds is 2. The van der Waals surface area contributed by atoms with Crippen LogP contribution in [0, 0.1) is 12.7 Å². The molecule has 0 saturated carbocycles. The highest BCUT2D eigenvalue weighted by Crippen LogP contribution is 2.38. The van der Waals surface area contributed by atoms with E-state index in [4.69, 9.17) is 0 Å². The molecule has 3 rings (SSSR count). The van der Waals surface area contributed by atoms with E-state index in [0.29, 0.717) is 10.6 Å². The minimum atomic E-state index is -0.263. The van der Waals surface area contributed by atoms with Crippen molar-refractivity contribution in [3.63, 3.8) is 0 Å². The smallest absolute Gasteiger partial charge is 0.134 e. The first-order valence-corrected chi connectivity index (χ1v) is 8.64. The molecular formula is C16H10Br2FNS. The first-order valence-electron chi connectivity index (χ1n) is 6.24. The molecule has 0 aliphatic carbocycles. The van der Waals surface area contributed by atoms with Crippen LogP contribution >= 0.6 is 43.2 Å². The molecule has 0 N–H and O–H groups in total. The van der Waals surface area contributed by atoms with E-state index in [1.165, 1.54) is 17.4 Å². The maximum Gasteiger partial charge on any atom is 0.134 e. The Balaban J connectivity index is 2.12. The van der Waals surface area contributed by atoms with E-state index in [-0.39, 0.29) is 5.82 Å². The summed E-state index contributed by atoms with van der Waals surface area (Å²) in [6, 6.07) is 12.9. The first kappa shape index (κ1) is 14.9. The van der Waals surface area contributed by atoms with Gasteiger partial charge in [-0.05, 0) is 47.1 Å². The summed E-state index contributed by atoms with van der Waals surface area (Å²) in [6.45, 7) is 2.01. The summed E-state index contributed by atoms with van der Waals surface area (Å²) < 4.78 is 15.8. The highest BCUT2D eigenvalue weighted by atomic mass is 79.9. The van der Waals surface area contributed by atoms with Gasteiger partial charge in [0.1, 0.15) is 10.8 Å². The summed E-state index contributed by atoms with van der Waals surface area (Å²) in [7, 11) is 0. The topological polar surface area (TPSA) is 12.9 Å². The van der Waals surface area contributed by atoms with Crippen molar-refractivity contribution in [2.45, 2.75) is 6.92 Å². The van der Waals surface area contributed by atoms with E-state index >= 15 is 0 Å². The predicted octanol–water partition coefficient (Wildman–Crippen LogP) is 6.45. The third-order valence-electron chi connectivity index (χ3n) is 3.09. The van der Waals surface area contributed by atoms with E-state index in [0.717, 1.165) is 25.1 Å². The SMILES string of the molecule is Cc1sc(-c2c(F)cccc2Br)nc1-c1ccc(Br)cc1. The fourth-order valence-electron chi connectivity index (χ4n) is 2.08. The normalized spacial score (nSPS) is 10.9. The highest BCUT2D eigenvalue weighted by molar-refractivity contribution is 9.10. The molecule has 0 fully saturated rings. The number of aromatic nitrogens is 1. The van der Waals surface area contributed by atoms with Gasteiger partial charge in [-0.3, -0.25) is 0 Å². The second-order valence-electron chi connectivity index (χ2n) is 4.53. The molecule has 0 spiro atoms. The van der Waals surface area contributed by atoms with Crippen molar-refractivity contribution in [2.75, 3.05) is 0 Å². The van der Waals surface area contributed by atoms with Gasteiger partial charge in [-0.15, -0.1) is 11.3 Å². The Labute approximate surface area is 143 Å². The van der Waals surface area contributed by atoms with Crippen LogP contribution in [0.1, 0.15) is 4.88 Å². The van der Waals surface area contributed by atoms with Crippen molar-refractivity contribution >= 4 is 43.2 Å². The molecule has 1 heterocycles. The van der Waals surface area contributed by atoms with Crippen molar-refractivity contribution in [3.05, 3.63) is 62.1 Å². The summed E-state index contributed by atoms with van der Waals surface area (Å²) in [5.74, 6) is -0.263. The van der Waals surface area contributed by atoms with E-state index in [9.17, 15) is 4.39 Å². The van der Waals surface area contributed by atoms with Gasteiger partial charge >= 0.3 is 0 Å². The molecule has 3 aromatic rings. The fourth-order valence-corrected chi connectivity index (χ4v) is 4.00. The molecule has 106 valence electrons. The van der Waals surface area contributed by atoms with Gasteiger partial charge in [-0.1, -0.05) is 34.1 Å². The molecule has 2 aromatic carbocycles. The molecular weight excluding hydrogens is 417 g/mol. The van der Waals surface area contributed by atoms with E-state index in [1.54, 1.807) is 6.07 Å². The molecule has 0 amide bonds. The minimum absolute atomic E-state index is 0.263. The Kier molecular flexibility index (Phi) is 4.24. The molecule has 0 saturated heterocycles. The predicted molar refractivity (Wildman–Crippen MR) is 93.1 cm³/mol. The Morgan fingerprint density at radius 1 is 1.05 bits per heavy atom. The fraction of sp³-hybridized carbons (Fsp3) is 0.0625. The van der Waals surface area contributed by atoms with Crippen molar-refractivity contribution in [3.8, 4) is 21.8 Å². The molecule has 0 aliphatic rings. The standard InChI is InChI=1S/C16H10Br2FNS/c1-9-15(10-5-7-11(17)8-6-10)20-16(21-9)14-12(18)3-2-4-13(14)19/h2-8H,1H3. The van der Waals surface area contributed by atoms with Crippen LogP contribution in [-0.4, -0.2) is 4.98 Å². The summed E-state index contributed by atoms with van der Waals surface area (Å²) in [6.07, 6.45) is 0. The summed E-state index contributed by atoms with van der Waals surface area (Å²) >= 11 is 8.33. The molecule has 0 bridgehead atoms. The first-order chi connectivity index (χ1) is 10.1. The van der Waals surface area contributed by atoms with Crippen molar-refractivity contribution in [2.24, 2.45) is 0 Å². The molecule has 0 unspecified atom stereocenters. The van der Waals surface area contributed by atoms with Crippen LogP contribution in [-0.2, 0) is 0 Å². The second-order valence-corrected chi connectivity index (χ2v) is 7.50. The van der Waals surface area contributed by atoms with Gasteiger partial charge in [0, 0.05) is 19.4 Å². The van der Waals surface area contributed by atoms with Gasteiger partial charge in [0.15, 0.2) is 0 Å². The van der Waals surface area contributed by atoms with Crippen LogP contribution in [0.25, 0.3) is 21.8 Å². The second kappa shape index (κ2) is 5.99. The Morgan fingerprint density at radius 2 is 1.76 bits per heavy atom. The Morgan fingerprint density at radius 3 is 2.43 bits per heavy atom. The number of hydrogen-bond donors (Lipinski definition) is 0. The summed E-state index contributed by atoms with van der Waals surface area (Å²) in [5.41, 5.74) is 2.46. The lowest BCUT2D eigenvalue weighted by Crippen LogP contribution is -1.86. The number of thiazole rings is 1. The number of hydrogen-bond acceptors (Lipinski definition) is 2. The third kappa shape index (κ3) is 2.96. The van der Waals surface area contributed by atoms with Gasteiger partial charge in [0.2, 0.25) is 0 Å². The summed E-state index contributed by atoms with van der Waals surface area (Å²) in [4.78, 5) is 5.71. The minimum Gasteiger partial charge on any atom is -0.236 e. The molecule has 1 aromatic heterocycles. The number of nitrogens with zero attached hydrogens (tertiary/aromatic N) is 1. The lowest BCUT2D eigenvalue weighted by Gasteiger charge is -2.02. The number of benzene rings is 2.